The van der Waals surface area contributed by atoms with E-state index in [-0.39, 0.29) is 17.5 Å². The number of nitrogens with zero attached hydrogens (tertiary/aromatic N) is 3. The summed E-state index contributed by atoms with van der Waals surface area (Å²) >= 11 is 0. The lowest BCUT2D eigenvalue weighted by Crippen LogP contribution is -2.36. The Hall–Kier alpha value is -1.93. The molecule has 2 rings (SSSR count). The van der Waals surface area contributed by atoms with Gasteiger partial charge < -0.3 is 10.7 Å². The monoisotopic (exact) mass is 280 g/mol. The van der Waals surface area contributed by atoms with Gasteiger partial charge in [0.15, 0.2) is 0 Å². The minimum absolute atomic E-state index is 0.0507. The molecule has 0 saturated heterocycles. The van der Waals surface area contributed by atoms with Crippen LogP contribution in [0.25, 0.3) is 0 Å². The SMILES string of the molecule is CC(CNc1nc(NN)ccc1[N+](=O)[O-])N(C)C1CC1. The van der Waals surface area contributed by atoms with Crippen LogP contribution >= 0.6 is 0 Å². The molecule has 1 aliphatic rings. The zero-order valence-corrected chi connectivity index (χ0v) is 11.7. The molecular weight excluding hydrogens is 260 g/mol. The second-order valence-electron chi connectivity index (χ2n) is 5.09. The first-order chi connectivity index (χ1) is 9.52. The third kappa shape index (κ3) is 3.34. The molecule has 1 aromatic rings. The van der Waals surface area contributed by atoms with Gasteiger partial charge in [0.25, 0.3) is 0 Å². The maximum atomic E-state index is 11.0. The first kappa shape index (κ1) is 14.5. The van der Waals surface area contributed by atoms with Crippen molar-refractivity contribution in [2.24, 2.45) is 5.84 Å². The fourth-order valence-corrected chi connectivity index (χ4v) is 2.04. The predicted molar refractivity (Wildman–Crippen MR) is 77.4 cm³/mol. The molecule has 4 N–H and O–H groups in total. The van der Waals surface area contributed by atoms with Gasteiger partial charge in [-0.15, -0.1) is 0 Å². The third-order valence-electron chi connectivity index (χ3n) is 3.60. The van der Waals surface area contributed by atoms with Crippen LogP contribution in [0.3, 0.4) is 0 Å². The molecule has 0 amide bonds. The highest BCUT2D eigenvalue weighted by Crippen LogP contribution is 2.28. The summed E-state index contributed by atoms with van der Waals surface area (Å²) in [6.45, 7) is 2.68. The van der Waals surface area contributed by atoms with Crippen LogP contribution < -0.4 is 16.6 Å². The van der Waals surface area contributed by atoms with Crippen molar-refractivity contribution in [3.63, 3.8) is 0 Å². The number of nitrogens with two attached hydrogens (primary N) is 1. The predicted octanol–water partition coefficient (Wildman–Crippen LogP) is 1.17. The average Bonchev–Trinajstić information content (AvgIpc) is 3.27. The van der Waals surface area contributed by atoms with Crippen LogP contribution in [-0.2, 0) is 0 Å². The van der Waals surface area contributed by atoms with Gasteiger partial charge in [0, 0.05) is 24.7 Å². The summed E-state index contributed by atoms with van der Waals surface area (Å²) in [4.78, 5) is 16.9. The topological polar surface area (TPSA) is 109 Å². The lowest BCUT2D eigenvalue weighted by Gasteiger charge is -2.24. The van der Waals surface area contributed by atoms with Crippen molar-refractivity contribution < 1.29 is 4.92 Å². The van der Waals surface area contributed by atoms with Gasteiger partial charge in [-0.2, -0.15) is 0 Å². The van der Waals surface area contributed by atoms with E-state index in [1.807, 2.05) is 0 Å². The molecule has 0 radical (unpaired) electrons. The van der Waals surface area contributed by atoms with Crippen molar-refractivity contribution in [3.8, 4) is 0 Å². The van der Waals surface area contributed by atoms with Gasteiger partial charge in [0.1, 0.15) is 5.82 Å². The van der Waals surface area contributed by atoms with E-state index in [9.17, 15) is 10.1 Å². The lowest BCUT2D eigenvalue weighted by atomic mass is 10.3. The lowest BCUT2D eigenvalue weighted by molar-refractivity contribution is -0.384. The summed E-state index contributed by atoms with van der Waals surface area (Å²) in [7, 11) is 2.07. The Morgan fingerprint density at radius 2 is 2.30 bits per heavy atom. The summed E-state index contributed by atoms with van der Waals surface area (Å²) in [6.07, 6.45) is 2.46. The van der Waals surface area contributed by atoms with Crippen molar-refractivity contribution in [1.82, 2.24) is 9.88 Å². The number of nitro groups is 1. The number of pyridine rings is 1. The summed E-state index contributed by atoms with van der Waals surface area (Å²) in [5, 5.41) is 14.0. The van der Waals surface area contributed by atoms with E-state index in [0.29, 0.717) is 18.4 Å². The fourth-order valence-electron chi connectivity index (χ4n) is 2.04. The highest BCUT2D eigenvalue weighted by Gasteiger charge is 2.29. The van der Waals surface area contributed by atoms with Gasteiger partial charge in [-0.1, -0.05) is 0 Å². The van der Waals surface area contributed by atoms with E-state index < -0.39 is 4.92 Å². The van der Waals surface area contributed by atoms with E-state index in [4.69, 9.17) is 5.84 Å². The number of nitrogens with one attached hydrogen (secondary N) is 2. The van der Waals surface area contributed by atoms with Crippen LogP contribution in [0.2, 0.25) is 0 Å². The third-order valence-corrected chi connectivity index (χ3v) is 3.60. The number of hydrogen-bond acceptors (Lipinski definition) is 7. The Balaban J connectivity index is 2.04. The van der Waals surface area contributed by atoms with Gasteiger partial charge in [-0.25, -0.2) is 10.8 Å². The molecule has 8 heteroatoms. The Labute approximate surface area is 117 Å². The maximum Gasteiger partial charge on any atom is 0.311 e. The second-order valence-corrected chi connectivity index (χ2v) is 5.09. The van der Waals surface area contributed by atoms with Gasteiger partial charge in [-0.05, 0) is 32.9 Å². The van der Waals surface area contributed by atoms with Crippen LogP contribution in [0.1, 0.15) is 19.8 Å². The summed E-state index contributed by atoms with van der Waals surface area (Å²) in [5.74, 6) is 5.91. The molecule has 1 fully saturated rings. The van der Waals surface area contributed by atoms with Crippen molar-refractivity contribution in [2.45, 2.75) is 31.8 Å². The quantitative estimate of drug-likeness (QED) is 0.390. The van der Waals surface area contributed by atoms with E-state index >= 15 is 0 Å². The van der Waals surface area contributed by atoms with Crippen LogP contribution in [0.5, 0.6) is 0 Å². The highest BCUT2D eigenvalue weighted by molar-refractivity contribution is 5.60. The molecule has 0 bridgehead atoms. The second kappa shape index (κ2) is 6.02. The summed E-state index contributed by atoms with van der Waals surface area (Å²) in [5.41, 5.74) is 2.34. The summed E-state index contributed by atoms with van der Waals surface area (Å²) < 4.78 is 0. The Bertz CT molecular complexity index is 491. The molecule has 0 aromatic carbocycles. The number of likely N-dealkylation sites (N-methyl/N-ethyl adjacent to an activating group) is 1. The molecule has 8 nitrogen and oxygen atoms in total. The van der Waals surface area contributed by atoms with E-state index in [0.717, 1.165) is 0 Å². The first-order valence-corrected chi connectivity index (χ1v) is 6.60. The smallest absolute Gasteiger partial charge is 0.311 e. The number of hydrazine groups is 1. The number of anilines is 2. The fraction of sp³-hybridized carbons (Fsp3) is 0.583. The molecule has 110 valence electrons. The first-order valence-electron chi connectivity index (χ1n) is 6.60. The Kier molecular flexibility index (Phi) is 4.35. The van der Waals surface area contributed by atoms with E-state index in [1.165, 1.54) is 25.0 Å². The molecule has 1 aliphatic carbocycles. The van der Waals surface area contributed by atoms with Gasteiger partial charge >= 0.3 is 5.69 Å². The number of nitrogen functional groups attached to an aromatic ring is 1. The van der Waals surface area contributed by atoms with Crippen LogP contribution in [0.15, 0.2) is 12.1 Å². The van der Waals surface area contributed by atoms with Gasteiger partial charge in [0.2, 0.25) is 5.82 Å². The molecule has 1 heterocycles. The van der Waals surface area contributed by atoms with E-state index in [2.05, 4.69) is 34.6 Å². The molecule has 1 unspecified atom stereocenters. The number of hydrogen-bond donors (Lipinski definition) is 3. The molecule has 20 heavy (non-hydrogen) atoms. The molecule has 1 aromatic heterocycles. The highest BCUT2D eigenvalue weighted by atomic mass is 16.6. The Morgan fingerprint density at radius 3 is 2.85 bits per heavy atom. The zero-order chi connectivity index (χ0) is 14.7. The number of rotatable bonds is 7. The average molecular weight is 280 g/mol. The minimum atomic E-state index is -0.453. The number of aromatic nitrogens is 1. The van der Waals surface area contributed by atoms with Crippen molar-refractivity contribution >= 4 is 17.3 Å². The van der Waals surface area contributed by atoms with Crippen molar-refractivity contribution in [2.75, 3.05) is 24.3 Å². The standard InChI is InChI=1S/C12H20N6O2/c1-8(17(2)9-3-4-9)7-14-12-10(18(19)20)5-6-11(15-12)16-13/h5-6,8-9H,3-4,7,13H2,1-2H3,(H2,14,15,16). The maximum absolute atomic E-state index is 11.0. The molecular formula is C12H20N6O2. The van der Waals surface area contributed by atoms with Crippen LogP contribution in [-0.4, -0.2) is 40.5 Å². The van der Waals surface area contributed by atoms with E-state index in [1.54, 1.807) is 0 Å². The van der Waals surface area contributed by atoms with Gasteiger partial charge in [-0.3, -0.25) is 15.0 Å². The normalized spacial score (nSPS) is 16.0. The van der Waals surface area contributed by atoms with Gasteiger partial charge in [0.05, 0.1) is 4.92 Å². The van der Waals surface area contributed by atoms with Crippen molar-refractivity contribution in [1.29, 1.82) is 0 Å². The largest absolute Gasteiger partial charge is 0.363 e. The Morgan fingerprint density at radius 1 is 1.60 bits per heavy atom. The minimum Gasteiger partial charge on any atom is -0.363 e. The molecule has 0 aliphatic heterocycles. The zero-order valence-electron chi connectivity index (χ0n) is 11.7. The molecule has 1 atom stereocenters. The van der Waals surface area contributed by atoms with Crippen LogP contribution in [0, 0.1) is 10.1 Å². The van der Waals surface area contributed by atoms with Crippen LogP contribution in [0.4, 0.5) is 17.3 Å². The molecule has 0 spiro atoms. The summed E-state index contributed by atoms with van der Waals surface area (Å²) in [6, 6.07) is 3.79. The molecule has 1 saturated carbocycles. The van der Waals surface area contributed by atoms with Crippen molar-refractivity contribution in [3.05, 3.63) is 22.2 Å².